The van der Waals surface area contributed by atoms with Gasteiger partial charge in [0.05, 0.1) is 14.2 Å². The smallest absolute Gasteiger partial charge is 0.254 e. The van der Waals surface area contributed by atoms with Crippen LogP contribution in [-0.2, 0) is 17.8 Å². The lowest BCUT2D eigenvalue weighted by atomic mass is 10.0. The summed E-state index contributed by atoms with van der Waals surface area (Å²) < 4.78 is 10.7. The minimum Gasteiger partial charge on any atom is -0.493 e. The molecule has 6 nitrogen and oxygen atoms in total. The van der Waals surface area contributed by atoms with Gasteiger partial charge in [-0.1, -0.05) is 25.1 Å². The fourth-order valence-corrected chi connectivity index (χ4v) is 3.77. The largest absolute Gasteiger partial charge is 0.493 e. The molecule has 0 spiro atoms. The van der Waals surface area contributed by atoms with Crippen LogP contribution in [0.5, 0.6) is 11.5 Å². The van der Waals surface area contributed by atoms with Gasteiger partial charge in [0.2, 0.25) is 5.91 Å². The van der Waals surface area contributed by atoms with E-state index < -0.39 is 6.04 Å². The SMILES string of the molecule is CCc1ccc(C(=O)N(Cc2ccc(OC)c(OC)c2)C2CCCCNC2=O)cc1. The quantitative estimate of drug-likeness (QED) is 0.758. The Bertz CT molecular complexity index is 879. The van der Waals surface area contributed by atoms with Gasteiger partial charge in [0.1, 0.15) is 6.04 Å². The number of amides is 2. The van der Waals surface area contributed by atoms with Crippen LogP contribution in [0.25, 0.3) is 0 Å². The lowest BCUT2D eigenvalue weighted by Gasteiger charge is -2.30. The molecule has 0 aliphatic carbocycles. The third-order valence-electron chi connectivity index (χ3n) is 5.55. The number of rotatable bonds is 7. The van der Waals surface area contributed by atoms with E-state index in [2.05, 4.69) is 12.2 Å². The van der Waals surface area contributed by atoms with E-state index in [0.29, 0.717) is 36.6 Å². The van der Waals surface area contributed by atoms with Crippen molar-refractivity contribution >= 4 is 11.8 Å². The summed E-state index contributed by atoms with van der Waals surface area (Å²) in [6.07, 6.45) is 3.38. The molecule has 0 bridgehead atoms. The van der Waals surface area contributed by atoms with Gasteiger partial charge in [-0.15, -0.1) is 0 Å². The second kappa shape index (κ2) is 10.1. The summed E-state index contributed by atoms with van der Waals surface area (Å²) in [5, 5.41) is 2.95. The van der Waals surface area contributed by atoms with Crippen molar-refractivity contribution in [2.75, 3.05) is 20.8 Å². The van der Waals surface area contributed by atoms with Crippen molar-refractivity contribution in [3.05, 3.63) is 59.2 Å². The molecule has 0 saturated carbocycles. The molecule has 2 amide bonds. The molecule has 6 heteroatoms. The van der Waals surface area contributed by atoms with Crippen molar-refractivity contribution in [1.29, 1.82) is 0 Å². The molecule has 1 aliphatic heterocycles. The van der Waals surface area contributed by atoms with Crippen LogP contribution in [0, 0.1) is 0 Å². The number of hydrogen-bond donors (Lipinski definition) is 1. The van der Waals surface area contributed by atoms with Gasteiger partial charge in [0.25, 0.3) is 5.91 Å². The Morgan fingerprint density at radius 1 is 1.03 bits per heavy atom. The van der Waals surface area contributed by atoms with Crippen molar-refractivity contribution in [3.63, 3.8) is 0 Å². The molecule has 1 saturated heterocycles. The minimum absolute atomic E-state index is 0.0912. The Hall–Kier alpha value is -3.02. The molecule has 1 aliphatic rings. The van der Waals surface area contributed by atoms with Gasteiger partial charge in [0, 0.05) is 18.7 Å². The highest BCUT2D eigenvalue weighted by atomic mass is 16.5. The Kier molecular flexibility index (Phi) is 7.33. The molecule has 1 atom stereocenters. The number of hydrogen-bond acceptors (Lipinski definition) is 4. The van der Waals surface area contributed by atoms with E-state index in [1.165, 1.54) is 5.56 Å². The molecule has 1 N–H and O–H groups in total. The number of methoxy groups -OCH3 is 2. The van der Waals surface area contributed by atoms with Crippen LogP contribution in [-0.4, -0.2) is 43.5 Å². The van der Waals surface area contributed by atoms with Crippen molar-refractivity contribution in [3.8, 4) is 11.5 Å². The lowest BCUT2D eigenvalue weighted by Crippen LogP contribution is -2.48. The fourth-order valence-electron chi connectivity index (χ4n) is 3.77. The maximum Gasteiger partial charge on any atom is 0.254 e. The Morgan fingerprint density at radius 3 is 2.40 bits per heavy atom. The van der Waals surface area contributed by atoms with Crippen LogP contribution in [0.4, 0.5) is 0 Å². The summed E-state index contributed by atoms with van der Waals surface area (Å²) in [4.78, 5) is 27.9. The number of nitrogens with one attached hydrogen (secondary N) is 1. The third kappa shape index (κ3) is 4.93. The van der Waals surface area contributed by atoms with Crippen molar-refractivity contribution in [2.24, 2.45) is 0 Å². The minimum atomic E-state index is -0.501. The van der Waals surface area contributed by atoms with Crippen LogP contribution in [0.15, 0.2) is 42.5 Å². The first-order valence-electron chi connectivity index (χ1n) is 10.5. The van der Waals surface area contributed by atoms with E-state index in [4.69, 9.17) is 9.47 Å². The summed E-state index contributed by atoms with van der Waals surface area (Å²) in [5.74, 6) is 0.988. The third-order valence-corrected chi connectivity index (χ3v) is 5.55. The number of aryl methyl sites for hydroxylation is 1. The van der Waals surface area contributed by atoms with Crippen LogP contribution < -0.4 is 14.8 Å². The standard InChI is InChI=1S/C24H30N2O4/c1-4-17-8-11-19(12-9-17)24(28)26(20-7-5-6-14-25-23(20)27)16-18-10-13-21(29-2)22(15-18)30-3/h8-13,15,20H,4-7,14,16H2,1-3H3,(H,25,27). The lowest BCUT2D eigenvalue weighted by molar-refractivity contribution is -0.125. The zero-order valence-corrected chi connectivity index (χ0v) is 17.9. The molecular weight excluding hydrogens is 380 g/mol. The second-order valence-electron chi connectivity index (χ2n) is 7.48. The molecule has 1 heterocycles. The van der Waals surface area contributed by atoms with Gasteiger partial charge in [0.15, 0.2) is 11.5 Å². The highest BCUT2D eigenvalue weighted by molar-refractivity contribution is 5.97. The maximum atomic E-state index is 13.5. The molecule has 0 radical (unpaired) electrons. The van der Waals surface area contributed by atoms with E-state index >= 15 is 0 Å². The van der Waals surface area contributed by atoms with Gasteiger partial charge >= 0.3 is 0 Å². The zero-order valence-electron chi connectivity index (χ0n) is 17.9. The fraction of sp³-hybridized carbons (Fsp3) is 0.417. The molecule has 1 unspecified atom stereocenters. The number of carbonyl (C=O) groups excluding carboxylic acids is 2. The van der Waals surface area contributed by atoms with E-state index in [1.54, 1.807) is 19.1 Å². The average molecular weight is 411 g/mol. The maximum absolute atomic E-state index is 13.5. The molecule has 160 valence electrons. The first kappa shape index (κ1) is 21.7. The highest BCUT2D eigenvalue weighted by Crippen LogP contribution is 2.29. The number of nitrogens with zero attached hydrogens (tertiary/aromatic N) is 1. The molecule has 2 aromatic carbocycles. The Labute approximate surface area is 178 Å². The normalized spacial score (nSPS) is 16.4. The molecule has 1 fully saturated rings. The second-order valence-corrected chi connectivity index (χ2v) is 7.48. The zero-order chi connectivity index (χ0) is 21.5. The summed E-state index contributed by atoms with van der Waals surface area (Å²) >= 11 is 0. The van der Waals surface area contributed by atoms with Gasteiger partial charge in [-0.3, -0.25) is 9.59 Å². The molecule has 0 aromatic heterocycles. The predicted molar refractivity (Wildman–Crippen MR) is 116 cm³/mol. The number of carbonyl (C=O) groups is 2. The van der Waals surface area contributed by atoms with Crippen LogP contribution in [0.1, 0.15) is 47.7 Å². The van der Waals surface area contributed by atoms with E-state index in [-0.39, 0.29) is 11.8 Å². The molecule has 3 rings (SSSR count). The first-order valence-corrected chi connectivity index (χ1v) is 10.5. The van der Waals surface area contributed by atoms with Gasteiger partial charge in [-0.05, 0) is 61.1 Å². The van der Waals surface area contributed by atoms with Crippen LogP contribution in [0.3, 0.4) is 0 Å². The van der Waals surface area contributed by atoms with Crippen LogP contribution in [0.2, 0.25) is 0 Å². The monoisotopic (exact) mass is 410 g/mol. The average Bonchev–Trinajstić information content (AvgIpc) is 3.01. The van der Waals surface area contributed by atoms with Crippen molar-refractivity contribution < 1.29 is 19.1 Å². The molecular formula is C24H30N2O4. The van der Waals surface area contributed by atoms with Crippen molar-refractivity contribution in [2.45, 2.75) is 45.2 Å². The summed E-state index contributed by atoms with van der Waals surface area (Å²) in [6, 6.07) is 12.7. The highest BCUT2D eigenvalue weighted by Gasteiger charge is 2.31. The Morgan fingerprint density at radius 2 is 1.73 bits per heavy atom. The van der Waals surface area contributed by atoms with Crippen LogP contribution >= 0.6 is 0 Å². The van der Waals surface area contributed by atoms with E-state index in [0.717, 1.165) is 24.8 Å². The van der Waals surface area contributed by atoms with Crippen molar-refractivity contribution in [1.82, 2.24) is 10.2 Å². The summed E-state index contributed by atoms with van der Waals surface area (Å²) in [6.45, 7) is 3.04. The molecule has 2 aromatic rings. The van der Waals surface area contributed by atoms with E-state index in [9.17, 15) is 9.59 Å². The molecule has 30 heavy (non-hydrogen) atoms. The van der Waals surface area contributed by atoms with E-state index in [1.807, 2.05) is 42.5 Å². The van der Waals surface area contributed by atoms with Gasteiger partial charge < -0.3 is 19.7 Å². The van der Waals surface area contributed by atoms with Gasteiger partial charge in [-0.2, -0.15) is 0 Å². The summed E-state index contributed by atoms with van der Waals surface area (Å²) in [5.41, 5.74) is 2.64. The summed E-state index contributed by atoms with van der Waals surface area (Å²) in [7, 11) is 3.17. The first-order chi connectivity index (χ1) is 14.6. The number of benzene rings is 2. The van der Waals surface area contributed by atoms with Gasteiger partial charge in [-0.25, -0.2) is 0 Å². The topological polar surface area (TPSA) is 67.9 Å². The number of ether oxygens (including phenoxy) is 2. The Balaban J connectivity index is 1.94. The predicted octanol–water partition coefficient (Wildman–Crippen LogP) is 3.58.